The number of thiophene rings is 1. The van der Waals surface area contributed by atoms with Crippen molar-refractivity contribution in [2.24, 2.45) is 0 Å². The predicted molar refractivity (Wildman–Crippen MR) is 60.9 cm³/mol. The Balaban J connectivity index is 2.57. The monoisotopic (exact) mass is 237 g/mol. The van der Waals surface area contributed by atoms with Gasteiger partial charge in [-0.05, 0) is 19.1 Å². The third-order valence-electron chi connectivity index (χ3n) is 2.27. The van der Waals surface area contributed by atoms with Crippen molar-refractivity contribution < 1.29 is 14.4 Å². The number of aromatic carboxylic acids is 1. The Kier molecular flexibility index (Phi) is 2.78. The molecule has 2 rings (SSSR count). The molecule has 0 saturated carbocycles. The molecule has 1 N–H and O–H groups in total. The molecule has 0 aliphatic heterocycles. The van der Waals surface area contributed by atoms with Gasteiger partial charge in [0, 0.05) is 11.3 Å². The van der Waals surface area contributed by atoms with Crippen LogP contribution in [0.4, 0.5) is 0 Å². The summed E-state index contributed by atoms with van der Waals surface area (Å²) in [4.78, 5) is 13.1. The highest BCUT2D eigenvalue weighted by molar-refractivity contribution is 7.15. The molecule has 0 amide bonds. The van der Waals surface area contributed by atoms with Crippen molar-refractivity contribution in [1.82, 2.24) is 5.16 Å². The van der Waals surface area contributed by atoms with Crippen LogP contribution < -0.4 is 0 Å². The lowest BCUT2D eigenvalue weighted by atomic mass is 10.1. The van der Waals surface area contributed by atoms with Gasteiger partial charge in [0.1, 0.15) is 11.3 Å². The summed E-state index contributed by atoms with van der Waals surface area (Å²) in [7, 11) is 0. The zero-order chi connectivity index (χ0) is 11.7. The molecule has 0 unspecified atom stereocenters. The molecule has 16 heavy (non-hydrogen) atoms. The number of hydrogen-bond donors (Lipinski definition) is 1. The minimum atomic E-state index is -0.987. The smallest absolute Gasteiger partial charge is 0.341 e. The minimum absolute atomic E-state index is 0.185. The van der Waals surface area contributed by atoms with E-state index in [1.807, 2.05) is 26.0 Å². The summed E-state index contributed by atoms with van der Waals surface area (Å²) >= 11 is 1.51. The van der Waals surface area contributed by atoms with Gasteiger partial charge in [0.15, 0.2) is 5.76 Å². The van der Waals surface area contributed by atoms with E-state index in [0.717, 1.165) is 9.75 Å². The van der Waals surface area contributed by atoms with Gasteiger partial charge in [0.2, 0.25) is 0 Å². The molecule has 0 fully saturated rings. The lowest BCUT2D eigenvalue weighted by Gasteiger charge is -1.94. The van der Waals surface area contributed by atoms with Gasteiger partial charge in [-0.15, -0.1) is 11.3 Å². The Labute approximate surface area is 96.5 Å². The van der Waals surface area contributed by atoms with Gasteiger partial charge in [-0.25, -0.2) is 4.79 Å². The fraction of sp³-hybridized carbons (Fsp3) is 0.273. The fourth-order valence-electron chi connectivity index (χ4n) is 1.52. The molecule has 0 aliphatic rings. The van der Waals surface area contributed by atoms with E-state index >= 15 is 0 Å². The van der Waals surface area contributed by atoms with Gasteiger partial charge in [-0.2, -0.15) is 0 Å². The summed E-state index contributed by atoms with van der Waals surface area (Å²) < 4.78 is 5.05. The molecular weight excluding hydrogens is 226 g/mol. The first kappa shape index (κ1) is 10.9. The van der Waals surface area contributed by atoms with E-state index in [1.54, 1.807) is 0 Å². The van der Waals surface area contributed by atoms with Crippen molar-refractivity contribution in [3.8, 4) is 10.6 Å². The Hall–Kier alpha value is -1.62. The third kappa shape index (κ3) is 1.74. The van der Waals surface area contributed by atoms with Crippen LogP contribution in [0.25, 0.3) is 10.6 Å². The summed E-state index contributed by atoms with van der Waals surface area (Å²) in [5, 5.41) is 13.0. The largest absolute Gasteiger partial charge is 0.477 e. The van der Waals surface area contributed by atoms with E-state index in [4.69, 9.17) is 9.63 Å². The molecule has 2 aromatic heterocycles. The Bertz CT molecular complexity index is 527. The zero-order valence-corrected chi connectivity index (χ0v) is 9.80. The van der Waals surface area contributed by atoms with Crippen molar-refractivity contribution in [2.45, 2.75) is 20.3 Å². The summed E-state index contributed by atoms with van der Waals surface area (Å²) in [5.74, 6) is -0.562. The molecule has 0 aliphatic carbocycles. The summed E-state index contributed by atoms with van der Waals surface area (Å²) in [6, 6.07) is 3.80. The minimum Gasteiger partial charge on any atom is -0.477 e. The summed E-state index contributed by atoms with van der Waals surface area (Å²) in [5.41, 5.74) is 0.617. The van der Waals surface area contributed by atoms with Gasteiger partial charge < -0.3 is 9.63 Å². The Morgan fingerprint density at radius 1 is 1.56 bits per heavy atom. The topological polar surface area (TPSA) is 63.3 Å². The van der Waals surface area contributed by atoms with Crippen LogP contribution in [0.15, 0.2) is 16.7 Å². The van der Waals surface area contributed by atoms with Crippen LogP contribution in [0.2, 0.25) is 0 Å². The number of aryl methyl sites for hydroxylation is 2. The van der Waals surface area contributed by atoms with Crippen molar-refractivity contribution in [2.75, 3.05) is 0 Å². The highest BCUT2D eigenvalue weighted by atomic mass is 32.1. The van der Waals surface area contributed by atoms with Crippen molar-refractivity contribution in [3.05, 3.63) is 28.3 Å². The first-order chi connectivity index (χ1) is 7.63. The van der Waals surface area contributed by atoms with E-state index in [1.165, 1.54) is 11.3 Å². The number of carboxylic acids is 1. The highest BCUT2D eigenvalue weighted by Gasteiger charge is 2.23. The van der Waals surface area contributed by atoms with E-state index in [0.29, 0.717) is 17.9 Å². The highest BCUT2D eigenvalue weighted by Crippen LogP contribution is 2.31. The molecule has 5 heteroatoms. The van der Waals surface area contributed by atoms with E-state index in [9.17, 15) is 4.79 Å². The number of nitrogens with zero attached hydrogens (tertiary/aromatic N) is 1. The number of carboxylic acid groups (broad SMARTS) is 1. The molecule has 2 aromatic rings. The van der Waals surface area contributed by atoms with Crippen LogP contribution in [-0.2, 0) is 6.42 Å². The van der Waals surface area contributed by atoms with Gasteiger partial charge in [-0.1, -0.05) is 12.1 Å². The Morgan fingerprint density at radius 2 is 2.31 bits per heavy atom. The van der Waals surface area contributed by atoms with Crippen LogP contribution in [0.1, 0.15) is 27.9 Å². The van der Waals surface area contributed by atoms with Crippen LogP contribution >= 0.6 is 11.3 Å². The van der Waals surface area contributed by atoms with Gasteiger partial charge in [0.05, 0.1) is 4.88 Å². The average Bonchev–Trinajstić information content (AvgIpc) is 2.82. The molecule has 4 nitrogen and oxygen atoms in total. The van der Waals surface area contributed by atoms with Gasteiger partial charge in [0.25, 0.3) is 0 Å². The first-order valence-electron chi connectivity index (χ1n) is 4.92. The maximum atomic E-state index is 11.1. The quantitative estimate of drug-likeness (QED) is 0.891. The maximum Gasteiger partial charge on any atom is 0.341 e. The molecule has 0 radical (unpaired) electrons. The van der Waals surface area contributed by atoms with Gasteiger partial charge >= 0.3 is 5.97 Å². The van der Waals surface area contributed by atoms with Crippen molar-refractivity contribution in [3.63, 3.8) is 0 Å². The number of aromatic nitrogens is 1. The van der Waals surface area contributed by atoms with E-state index < -0.39 is 5.97 Å². The van der Waals surface area contributed by atoms with E-state index in [-0.39, 0.29) is 5.56 Å². The molecule has 0 atom stereocenters. The first-order valence-corrected chi connectivity index (χ1v) is 5.73. The molecule has 0 aromatic carbocycles. The molecule has 0 bridgehead atoms. The standard InChI is InChI=1S/C11H11NO3S/c1-3-7-9(11(13)14)10(12-15-7)8-5-4-6(2)16-8/h4-5H,3H2,1-2H3,(H,13,14). The normalized spacial score (nSPS) is 10.6. The van der Waals surface area contributed by atoms with Crippen molar-refractivity contribution >= 4 is 17.3 Å². The van der Waals surface area contributed by atoms with Crippen LogP contribution in [-0.4, -0.2) is 16.2 Å². The zero-order valence-electron chi connectivity index (χ0n) is 8.98. The van der Waals surface area contributed by atoms with Crippen LogP contribution in [0.5, 0.6) is 0 Å². The Morgan fingerprint density at radius 3 is 2.81 bits per heavy atom. The van der Waals surface area contributed by atoms with Gasteiger partial charge in [-0.3, -0.25) is 0 Å². The molecule has 0 spiro atoms. The maximum absolute atomic E-state index is 11.1. The fourth-order valence-corrected chi connectivity index (χ4v) is 2.37. The predicted octanol–water partition coefficient (Wildman–Crippen LogP) is 2.97. The number of hydrogen-bond acceptors (Lipinski definition) is 4. The third-order valence-corrected chi connectivity index (χ3v) is 3.28. The van der Waals surface area contributed by atoms with Crippen LogP contribution in [0, 0.1) is 6.92 Å². The molecule has 2 heterocycles. The second-order valence-corrected chi connectivity index (χ2v) is 4.69. The number of carbonyl (C=O) groups is 1. The van der Waals surface area contributed by atoms with Crippen LogP contribution in [0.3, 0.4) is 0 Å². The van der Waals surface area contributed by atoms with Crippen molar-refractivity contribution in [1.29, 1.82) is 0 Å². The lowest BCUT2D eigenvalue weighted by molar-refractivity contribution is 0.0695. The summed E-state index contributed by atoms with van der Waals surface area (Å²) in [6.07, 6.45) is 0.527. The molecule has 0 saturated heterocycles. The second-order valence-electron chi connectivity index (χ2n) is 3.40. The number of rotatable bonds is 3. The average molecular weight is 237 g/mol. The second kappa shape index (κ2) is 4.09. The SMILES string of the molecule is CCc1onc(-c2ccc(C)s2)c1C(=O)O. The molecular formula is C11H11NO3S. The summed E-state index contributed by atoms with van der Waals surface area (Å²) in [6.45, 7) is 3.81. The molecule has 84 valence electrons. The lowest BCUT2D eigenvalue weighted by Crippen LogP contribution is -2.00. The van der Waals surface area contributed by atoms with E-state index in [2.05, 4.69) is 5.16 Å².